The Morgan fingerprint density at radius 3 is 2.81 bits per heavy atom. The molecule has 0 radical (unpaired) electrons. The molecule has 0 N–H and O–H groups in total. The van der Waals surface area contributed by atoms with E-state index in [2.05, 4.69) is 20.2 Å². The van der Waals surface area contributed by atoms with Crippen molar-refractivity contribution in [2.45, 2.75) is 6.92 Å². The largest absolute Gasteiger partial charge is 0.354 e. The van der Waals surface area contributed by atoms with Crippen molar-refractivity contribution < 1.29 is 0 Å². The predicted octanol–water partition coefficient (Wildman–Crippen LogP) is 0.986. The van der Waals surface area contributed by atoms with Crippen LogP contribution in [-0.2, 0) is 0 Å². The molecule has 0 spiro atoms. The molecule has 1 saturated heterocycles. The van der Waals surface area contributed by atoms with E-state index in [1.165, 1.54) is 11.5 Å². The number of anilines is 1. The Bertz CT molecular complexity index is 503. The summed E-state index contributed by atoms with van der Waals surface area (Å²) in [6.45, 7) is 4.07. The Morgan fingerprint density at radius 1 is 1.19 bits per heavy atom. The highest BCUT2D eigenvalue weighted by molar-refractivity contribution is 7.99. The molecule has 1 aliphatic heterocycles. The van der Waals surface area contributed by atoms with Gasteiger partial charge in [-0.15, -0.1) is 15.3 Å². The van der Waals surface area contributed by atoms with Crippen LogP contribution in [0.1, 0.15) is 5.82 Å². The molecule has 16 heavy (non-hydrogen) atoms. The van der Waals surface area contributed by atoms with E-state index in [9.17, 15) is 0 Å². The summed E-state index contributed by atoms with van der Waals surface area (Å²) < 4.78 is 1.80. The molecule has 3 heterocycles. The highest BCUT2D eigenvalue weighted by Crippen LogP contribution is 2.17. The summed E-state index contributed by atoms with van der Waals surface area (Å²) in [6, 6.07) is 4.00. The lowest BCUT2D eigenvalue weighted by atomic mass is 10.4. The van der Waals surface area contributed by atoms with Gasteiger partial charge in [0, 0.05) is 24.6 Å². The zero-order chi connectivity index (χ0) is 11.0. The Balaban J connectivity index is 1.99. The molecule has 2 aromatic rings. The van der Waals surface area contributed by atoms with Crippen molar-refractivity contribution in [1.82, 2.24) is 19.8 Å². The normalized spacial score (nSPS) is 16.9. The van der Waals surface area contributed by atoms with E-state index in [0.29, 0.717) is 0 Å². The van der Waals surface area contributed by atoms with Gasteiger partial charge in [-0.05, 0) is 19.1 Å². The Labute approximate surface area is 97.8 Å². The van der Waals surface area contributed by atoms with Crippen LogP contribution in [0.3, 0.4) is 0 Å². The second-order valence-electron chi connectivity index (χ2n) is 3.81. The van der Waals surface area contributed by atoms with Crippen molar-refractivity contribution in [3.8, 4) is 0 Å². The molecule has 0 unspecified atom stereocenters. The summed E-state index contributed by atoms with van der Waals surface area (Å²) in [7, 11) is 0. The number of aromatic nitrogens is 4. The molecule has 2 aromatic heterocycles. The summed E-state index contributed by atoms with van der Waals surface area (Å²) in [5.74, 6) is 4.22. The molecule has 84 valence electrons. The van der Waals surface area contributed by atoms with Crippen molar-refractivity contribution in [2.75, 3.05) is 29.5 Å². The van der Waals surface area contributed by atoms with Gasteiger partial charge in [0.15, 0.2) is 11.5 Å². The predicted molar refractivity (Wildman–Crippen MR) is 65.1 cm³/mol. The molecule has 0 saturated carbocycles. The minimum atomic E-state index is 0.813. The van der Waals surface area contributed by atoms with E-state index in [0.717, 1.165) is 30.4 Å². The summed E-state index contributed by atoms with van der Waals surface area (Å²) in [4.78, 5) is 2.31. The average Bonchev–Trinajstić information content (AvgIpc) is 2.72. The Kier molecular flexibility index (Phi) is 2.43. The number of hydrogen-bond acceptors (Lipinski definition) is 5. The fourth-order valence-electron chi connectivity index (χ4n) is 1.85. The molecule has 0 aromatic carbocycles. The molecule has 5 nitrogen and oxygen atoms in total. The first-order valence-corrected chi connectivity index (χ1v) is 6.52. The van der Waals surface area contributed by atoms with E-state index in [4.69, 9.17) is 0 Å². The van der Waals surface area contributed by atoms with E-state index in [1.807, 2.05) is 30.8 Å². The molecular formula is C10H13N5S. The fraction of sp³-hybridized carbons (Fsp3) is 0.500. The zero-order valence-electron chi connectivity index (χ0n) is 9.13. The first-order valence-electron chi connectivity index (χ1n) is 5.36. The van der Waals surface area contributed by atoms with Gasteiger partial charge >= 0.3 is 0 Å². The summed E-state index contributed by atoms with van der Waals surface area (Å²) in [5.41, 5.74) is 0.813. The maximum absolute atomic E-state index is 4.57. The quantitative estimate of drug-likeness (QED) is 0.737. The number of fused-ring (bicyclic) bond motifs is 1. The SMILES string of the molecule is Cc1nnc2ccc(N3CCSCC3)nn12. The Hall–Kier alpha value is -1.30. The van der Waals surface area contributed by atoms with Crippen LogP contribution in [0.4, 0.5) is 5.82 Å². The van der Waals surface area contributed by atoms with Crippen molar-refractivity contribution in [3.05, 3.63) is 18.0 Å². The molecule has 0 amide bonds. The van der Waals surface area contributed by atoms with Gasteiger partial charge in [0.25, 0.3) is 0 Å². The summed E-state index contributed by atoms with van der Waals surface area (Å²) in [5, 5.41) is 12.6. The van der Waals surface area contributed by atoms with Crippen LogP contribution in [0.15, 0.2) is 12.1 Å². The molecule has 1 fully saturated rings. The van der Waals surface area contributed by atoms with Crippen LogP contribution in [0.5, 0.6) is 0 Å². The molecule has 0 aliphatic carbocycles. The molecular weight excluding hydrogens is 222 g/mol. The lowest BCUT2D eigenvalue weighted by Gasteiger charge is -2.27. The van der Waals surface area contributed by atoms with E-state index in [-0.39, 0.29) is 0 Å². The maximum Gasteiger partial charge on any atom is 0.178 e. The van der Waals surface area contributed by atoms with Gasteiger partial charge in [-0.2, -0.15) is 16.3 Å². The molecule has 0 bridgehead atoms. The smallest absolute Gasteiger partial charge is 0.178 e. The van der Waals surface area contributed by atoms with E-state index >= 15 is 0 Å². The van der Waals surface area contributed by atoms with Crippen LogP contribution < -0.4 is 4.90 Å². The minimum Gasteiger partial charge on any atom is -0.354 e. The monoisotopic (exact) mass is 235 g/mol. The fourth-order valence-corrected chi connectivity index (χ4v) is 2.75. The standard InChI is InChI=1S/C10H13N5S/c1-8-11-12-9-2-3-10(13-15(8)9)14-4-6-16-7-5-14/h2-3H,4-7H2,1H3. The maximum atomic E-state index is 4.57. The third kappa shape index (κ3) is 1.63. The van der Waals surface area contributed by atoms with Gasteiger partial charge in [0.1, 0.15) is 5.82 Å². The number of hydrogen-bond donors (Lipinski definition) is 0. The zero-order valence-corrected chi connectivity index (χ0v) is 9.94. The number of nitrogens with zero attached hydrogens (tertiary/aromatic N) is 5. The minimum absolute atomic E-state index is 0.813. The van der Waals surface area contributed by atoms with Crippen LogP contribution >= 0.6 is 11.8 Å². The highest BCUT2D eigenvalue weighted by Gasteiger charge is 2.13. The first kappa shape index (κ1) is 9.89. The van der Waals surface area contributed by atoms with Crippen molar-refractivity contribution in [3.63, 3.8) is 0 Å². The number of aryl methyl sites for hydroxylation is 1. The van der Waals surface area contributed by atoms with Crippen molar-refractivity contribution in [2.24, 2.45) is 0 Å². The van der Waals surface area contributed by atoms with Gasteiger partial charge in [0.2, 0.25) is 0 Å². The van der Waals surface area contributed by atoms with E-state index < -0.39 is 0 Å². The number of thioether (sulfide) groups is 1. The lowest BCUT2D eigenvalue weighted by molar-refractivity contribution is 0.791. The molecule has 0 atom stereocenters. The van der Waals surface area contributed by atoms with Crippen molar-refractivity contribution in [1.29, 1.82) is 0 Å². The van der Waals surface area contributed by atoms with Crippen molar-refractivity contribution >= 4 is 23.2 Å². The van der Waals surface area contributed by atoms with Gasteiger partial charge in [-0.25, -0.2) is 0 Å². The highest BCUT2D eigenvalue weighted by atomic mass is 32.2. The van der Waals surface area contributed by atoms with E-state index in [1.54, 1.807) is 4.52 Å². The Morgan fingerprint density at radius 2 is 2.00 bits per heavy atom. The van der Waals surface area contributed by atoms with Gasteiger partial charge < -0.3 is 4.90 Å². The average molecular weight is 235 g/mol. The summed E-state index contributed by atoms with van der Waals surface area (Å²) >= 11 is 2.00. The second-order valence-corrected chi connectivity index (χ2v) is 5.03. The lowest BCUT2D eigenvalue weighted by Crippen LogP contribution is -2.33. The van der Waals surface area contributed by atoms with Gasteiger partial charge in [-0.3, -0.25) is 0 Å². The third-order valence-electron chi connectivity index (χ3n) is 2.74. The van der Waals surface area contributed by atoms with Gasteiger partial charge in [0.05, 0.1) is 0 Å². The third-order valence-corrected chi connectivity index (χ3v) is 3.68. The molecule has 6 heteroatoms. The van der Waals surface area contributed by atoms with Crippen LogP contribution in [0.2, 0.25) is 0 Å². The summed E-state index contributed by atoms with van der Waals surface area (Å²) in [6.07, 6.45) is 0. The van der Waals surface area contributed by atoms with Crippen LogP contribution in [0.25, 0.3) is 5.65 Å². The first-order chi connectivity index (χ1) is 7.84. The van der Waals surface area contributed by atoms with Gasteiger partial charge in [-0.1, -0.05) is 0 Å². The number of rotatable bonds is 1. The second kappa shape index (κ2) is 3.93. The van der Waals surface area contributed by atoms with Crippen LogP contribution in [0, 0.1) is 6.92 Å². The van der Waals surface area contributed by atoms with Crippen LogP contribution in [-0.4, -0.2) is 44.4 Å². The molecule has 3 rings (SSSR count). The topological polar surface area (TPSA) is 46.3 Å². The molecule has 1 aliphatic rings.